The van der Waals surface area contributed by atoms with Crippen LogP contribution in [0.1, 0.15) is 64.2 Å². The molecule has 0 bridgehead atoms. The average molecular weight is 268 g/mol. The maximum absolute atomic E-state index is 11.0. The first-order valence-corrected chi connectivity index (χ1v) is 7.51. The monoisotopic (exact) mass is 268 g/mol. The second-order valence-corrected chi connectivity index (χ2v) is 6.40. The van der Waals surface area contributed by atoms with Crippen molar-refractivity contribution in [2.24, 2.45) is 17.3 Å². The average Bonchev–Trinajstić information content (AvgIpc) is 2.32. The van der Waals surface area contributed by atoms with Crippen molar-refractivity contribution in [3.8, 4) is 0 Å². The van der Waals surface area contributed by atoms with Crippen LogP contribution in [0.15, 0.2) is 0 Å². The summed E-state index contributed by atoms with van der Waals surface area (Å²) < 4.78 is 0. The Bertz CT molecular complexity index is 322. The van der Waals surface area contributed by atoms with Crippen molar-refractivity contribution in [2.75, 3.05) is 0 Å². The van der Waals surface area contributed by atoms with E-state index >= 15 is 0 Å². The van der Waals surface area contributed by atoms with E-state index in [1.54, 1.807) is 0 Å². The van der Waals surface area contributed by atoms with Gasteiger partial charge in [-0.1, -0.05) is 51.4 Å². The summed E-state index contributed by atoms with van der Waals surface area (Å²) >= 11 is 0. The molecule has 0 aromatic heterocycles. The molecule has 2 fully saturated rings. The first kappa shape index (κ1) is 14.4. The van der Waals surface area contributed by atoms with Gasteiger partial charge >= 0.3 is 11.9 Å². The molecule has 0 heterocycles. The topological polar surface area (TPSA) is 74.6 Å². The summed E-state index contributed by atoms with van der Waals surface area (Å²) in [6, 6.07) is 0. The molecule has 2 aliphatic carbocycles. The largest absolute Gasteiger partial charge is 0.480 e. The molecule has 2 rings (SSSR count). The van der Waals surface area contributed by atoms with Gasteiger partial charge < -0.3 is 10.2 Å². The van der Waals surface area contributed by atoms with E-state index in [-0.39, 0.29) is 0 Å². The molecule has 0 amide bonds. The van der Waals surface area contributed by atoms with Crippen molar-refractivity contribution in [1.29, 1.82) is 0 Å². The van der Waals surface area contributed by atoms with Crippen LogP contribution in [0.4, 0.5) is 0 Å². The van der Waals surface area contributed by atoms with E-state index in [1.807, 2.05) is 0 Å². The number of carbonyl (C=O) groups is 2. The fourth-order valence-corrected chi connectivity index (χ4v) is 3.74. The summed E-state index contributed by atoms with van der Waals surface area (Å²) in [6.07, 6.45) is 10.8. The van der Waals surface area contributed by atoms with Gasteiger partial charge in [0.1, 0.15) is 0 Å². The lowest BCUT2D eigenvalue weighted by Crippen LogP contribution is -2.49. The first-order valence-electron chi connectivity index (χ1n) is 7.51. The van der Waals surface area contributed by atoms with Gasteiger partial charge in [0.05, 0.1) is 0 Å². The van der Waals surface area contributed by atoms with Crippen LogP contribution in [0.2, 0.25) is 0 Å². The molecular weight excluding hydrogens is 244 g/mol. The second-order valence-electron chi connectivity index (χ2n) is 6.40. The number of rotatable bonds is 6. The van der Waals surface area contributed by atoms with Gasteiger partial charge in [0.25, 0.3) is 0 Å². The van der Waals surface area contributed by atoms with Crippen molar-refractivity contribution >= 4 is 11.9 Å². The van der Waals surface area contributed by atoms with E-state index in [1.165, 1.54) is 38.5 Å². The molecule has 108 valence electrons. The lowest BCUT2D eigenvalue weighted by Gasteiger charge is -2.41. The molecule has 0 aromatic rings. The molecule has 2 N–H and O–H groups in total. The summed E-state index contributed by atoms with van der Waals surface area (Å²) in [5, 5.41) is 18.0. The van der Waals surface area contributed by atoms with Gasteiger partial charge in [-0.2, -0.15) is 0 Å². The van der Waals surface area contributed by atoms with Crippen LogP contribution in [0.25, 0.3) is 0 Å². The Morgan fingerprint density at radius 3 is 1.95 bits per heavy atom. The minimum Gasteiger partial charge on any atom is -0.480 e. The van der Waals surface area contributed by atoms with E-state index in [2.05, 4.69) is 0 Å². The van der Waals surface area contributed by atoms with E-state index in [0.717, 1.165) is 18.8 Å². The number of hydrogen-bond acceptors (Lipinski definition) is 2. The van der Waals surface area contributed by atoms with Crippen molar-refractivity contribution in [3.63, 3.8) is 0 Å². The predicted molar refractivity (Wildman–Crippen MR) is 70.9 cm³/mol. The van der Waals surface area contributed by atoms with Gasteiger partial charge in [0.2, 0.25) is 0 Å². The Hall–Kier alpha value is -1.06. The molecule has 2 aliphatic rings. The van der Waals surface area contributed by atoms with E-state index in [0.29, 0.717) is 18.8 Å². The lowest BCUT2D eigenvalue weighted by atomic mass is 9.60. The van der Waals surface area contributed by atoms with Crippen LogP contribution in [0.5, 0.6) is 0 Å². The molecule has 4 nitrogen and oxygen atoms in total. The summed E-state index contributed by atoms with van der Waals surface area (Å²) in [7, 11) is 0. The molecule has 0 aromatic carbocycles. The second kappa shape index (κ2) is 5.93. The van der Waals surface area contributed by atoms with Gasteiger partial charge in [-0.15, -0.1) is 0 Å². The smallest absolute Gasteiger partial charge is 0.321 e. The maximum atomic E-state index is 11.0. The third-order valence-electron chi connectivity index (χ3n) is 5.04. The van der Waals surface area contributed by atoms with Gasteiger partial charge in [-0.25, -0.2) is 0 Å². The molecule has 0 atom stereocenters. The Morgan fingerprint density at radius 2 is 1.42 bits per heavy atom. The first-order chi connectivity index (χ1) is 9.04. The zero-order valence-electron chi connectivity index (χ0n) is 11.4. The zero-order valence-corrected chi connectivity index (χ0v) is 11.4. The fourth-order valence-electron chi connectivity index (χ4n) is 3.74. The molecular formula is C15H24O4. The molecule has 0 aliphatic heterocycles. The van der Waals surface area contributed by atoms with Crippen LogP contribution in [-0.2, 0) is 9.59 Å². The van der Waals surface area contributed by atoms with Crippen LogP contribution in [-0.4, -0.2) is 22.2 Å². The van der Waals surface area contributed by atoms with E-state index in [9.17, 15) is 9.59 Å². The Labute approximate surface area is 114 Å². The Kier molecular flexibility index (Phi) is 4.48. The van der Waals surface area contributed by atoms with Crippen molar-refractivity contribution < 1.29 is 19.8 Å². The molecule has 0 spiro atoms. The normalized spacial score (nSPS) is 23.8. The highest BCUT2D eigenvalue weighted by Crippen LogP contribution is 2.48. The number of carboxylic acid groups (broad SMARTS) is 2. The molecule has 19 heavy (non-hydrogen) atoms. The summed E-state index contributed by atoms with van der Waals surface area (Å²) in [4.78, 5) is 22.1. The van der Waals surface area contributed by atoms with Crippen LogP contribution < -0.4 is 0 Å². The number of aliphatic carboxylic acids is 2. The maximum Gasteiger partial charge on any atom is 0.321 e. The fraction of sp³-hybridized carbons (Fsp3) is 0.867. The molecule has 2 saturated carbocycles. The van der Waals surface area contributed by atoms with Crippen molar-refractivity contribution in [2.45, 2.75) is 64.2 Å². The molecule has 0 saturated heterocycles. The van der Waals surface area contributed by atoms with Crippen LogP contribution in [0, 0.1) is 17.3 Å². The predicted octanol–water partition coefficient (Wildman–Crippen LogP) is 3.30. The third-order valence-corrected chi connectivity index (χ3v) is 5.04. The Balaban J connectivity index is 1.67. The van der Waals surface area contributed by atoms with Gasteiger partial charge in [0.15, 0.2) is 5.41 Å². The Morgan fingerprint density at radius 1 is 0.895 bits per heavy atom. The van der Waals surface area contributed by atoms with E-state index in [4.69, 9.17) is 10.2 Å². The highest BCUT2D eigenvalue weighted by Gasteiger charge is 2.56. The van der Waals surface area contributed by atoms with Crippen LogP contribution in [0.3, 0.4) is 0 Å². The third kappa shape index (κ3) is 3.10. The SMILES string of the molecule is O=C(O)C1(C(=O)O)CC(CCCC2CCCCC2)C1. The highest BCUT2D eigenvalue weighted by molar-refractivity contribution is 5.99. The van der Waals surface area contributed by atoms with E-state index < -0.39 is 17.4 Å². The zero-order chi connectivity index (χ0) is 13.9. The summed E-state index contributed by atoms with van der Waals surface area (Å²) in [5.74, 6) is -1.17. The number of carboxylic acids is 2. The van der Waals surface area contributed by atoms with Crippen molar-refractivity contribution in [3.05, 3.63) is 0 Å². The lowest BCUT2D eigenvalue weighted by molar-refractivity contribution is -0.175. The quantitative estimate of drug-likeness (QED) is 0.725. The highest BCUT2D eigenvalue weighted by atomic mass is 16.4. The molecule has 0 radical (unpaired) electrons. The summed E-state index contributed by atoms with van der Waals surface area (Å²) in [6.45, 7) is 0. The molecule has 4 heteroatoms. The van der Waals surface area contributed by atoms with Crippen LogP contribution >= 0.6 is 0 Å². The minimum absolute atomic E-state index is 0.302. The van der Waals surface area contributed by atoms with Crippen molar-refractivity contribution in [1.82, 2.24) is 0 Å². The minimum atomic E-state index is -1.48. The van der Waals surface area contributed by atoms with Gasteiger partial charge in [-0.3, -0.25) is 9.59 Å². The summed E-state index contributed by atoms with van der Waals surface area (Å²) in [5.41, 5.74) is -1.48. The van der Waals surface area contributed by atoms with Gasteiger partial charge in [-0.05, 0) is 24.7 Å². The standard InChI is InChI=1S/C15H24O4/c16-13(17)15(14(18)19)9-12(10-15)8-4-7-11-5-2-1-3-6-11/h11-12H,1-10H2,(H,16,17)(H,18,19). The number of hydrogen-bond donors (Lipinski definition) is 2. The molecule has 0 unspecified atom stereocenters. The van der Waals surface area contributed by atoms with Gasteiger partial charge in [0, 0.05) is 0 Å².